The van der Waals surface area contributed by atoms with Gasteiger partial charge in [-0.05, 0) is 79.9 Å². The molecule has 1 aromatic rings. The van der Waals surface area contributed by atoms with E-state index in [-0.39, 0.29) is 5.75 Å². The van der Waals surface area contributed by atoms with Crippen LogP contribution < -0.4 is 4.74 Å². The summed E-state index contributed by atoms with van der Waals surface area (Å²) in [6, 6.07) is 6.51. The van der Waals surface area contributed by atoms with Gasteiger partial charge in [0.15, 0.2) is 6.61 Å². The molecule has 0 atom stereocenters. The van der Waals surface area contributed by atoms with Crippen LogP contribution in [-0.4, -0.2) is 18.7 Å². The highest BCUT2D eigenvalue weighted by molar-refractivity contribution is 5.27. The smallest absolute Gasteiger partial charge is 0.456 e. The largest absolute Gasteiger partial charge is 0.487 e. The van der Waals surface area contributed by atoms with Crippen molar-refractivity contribution in [2.45, 2.75) is 115 Å². The van der Waals surface area contributed by atoms with E-state index in [1.54, 1.807) is 12.1 Å². The molecule has 2 aliphatic rings. The normalized spacial score (nSPS) is 26.0. The fraction of sp³-hybridized carbons (Fsp3) is 0.793. The summed E-state index contributed by atoms with van der Waals surface area (Å²) in [5.74, 6) is -1.29. The molecule has 35 heavy (non-hydrogen) atoms. The van der Waals surface area contributed by atoms with Crippen molar-refractivity contribution in [3.8, 4) is 5.75 Å². The van der Waals surface area contributed by atoms with E-state index in [0.29, 0.717) is 0 Å². The molecule has 3 rings (SSSR count). The van der Waals surface area contributed by atoms with E-state index in [2.05, 4.69) is 11.7 Å². The molecule has 0 radical (unpaired) electrons. The van der Waals surface area contributed by atoms with E-state index >= 15 is 0 Å². The summed E-state index contributed by atoms with van der Waals surface area (Å²) in [6.07, 6.45) is 14.3. The number of benzene rings is 1. The number of aryl methyl sites for hydroxylation is 1. The Morgan fingerprint density at radius 3 is 1.77 bits per heavy atom. The van der Waals surface area contributed by atoms with Crippen molar-refractivity contribution in [3.63, 3.8) is 0 Å². The predicted molar refractivity (Wildman–Crippen MR) is 131 cm³/mol. The Balaban J connectivity index is 1.31. The van der Waals surface area contributed by atoms with Crippen LogP contribution in [0, 0.1) is 23.7 Å². The van der Waals surface area contributed by atoms with Crippen molar-refractivity contribution >= 4 is 0 Å². The average Bonchev–Trinajstić information content (AvgIpc) is 2.85. The van der Waals surface area contributed by atoms with Gasteiger partial charge in [0.05, 0.1) is 0 Å². The summed E-state index contributed by atoms with van der Waals surface area (Å²) in [4.78, 5) is 0. The van der Waals surface area contributed by atoms with Crippen LogP contribution in [0.1, 0.15) is 102 Å². The molecule has 0 N–H and O–H groups in total. The predicted octanol–water partition coefficient (Wildman–Crippen LogP) is 9.78. The van der Waals surface area contributed by atoms with Crippen LogP contribution >= 0.6 is 0 Å². The van der Waals surface area contributed by atoms with Gasteiger partial charge in [-0.1, -0.05) is 76.8 Å². The summed E-state index contributed by atoms with van der Waals surface area (Å²) in [7, 11) is 0. The van der Waals surface area contributed by atoms with E-state index in [1.165, 1.54) is 95.6 Å². The fourth-order valence-corrected chi connectivity index (χ4v) is 6.14. The summed E-state index contributed by atoms with van der Waals surface area (Å²) in [6.45, 7) is 0.578. The molecule has 1 aromatic carbocycles. The Kier molecular flexibility index (Phi) is 10.7. The molecule has 0 aromatic heterocycles. The van der Waals surface area contributed by atoms with Gasteiger partial charge < -0.3 is 4.74 Å². The third-order valence-electron chi connectivity index (χ3n) is 8.51. The van der Waals surface area contributed by atoms with Gasteiger partial charge in [0, 0.05) is 0 Å². The molecule has 0 saturated heterocycles. The summed E-state index contributed by atoms with van der Waals surface area (Å²) in [5.41, 5.74) is 1.07. The molecule has 200 valence electrons. The third-order valence-corrected chi connectivity index (χ3v) is 8.51. The van der Waals surface area contributed by atoms with Gasteiger partial charge in [0.25, 0.3) is 0 Å². The maximum Gasteiger partial charge on any atom is 0.456 e. The first kappa shape index (κ1) is 28.2. The lowest BCUT2D eigenvalue weighted by atomic mass is 9.68. The fourth-order valence-electron chi connectivity index (χ4n) is 6.14. The van der Waals surface area contributed by atoms with E-state index in [4.69, 9.17) is 0 Å². The molecule has 2 aliphatic carbocycles. The summed E-state index contributed by atoms with van der Waals surface area (Å²) >= 11 is 0. The van der Waals surface area contributed by atoms with Gasteiger partial charge in [-0.15, -0.1) is 0 Å². The number of hydrogen-bond donors (Lipinski definition) is 0. The topological polar surface area (TPSA) is 9.23 Å². The first-order valence-electron chi connectivity index (χ1n) is 13.8. The zero-order chi connectivity index (χ0) is 25.3. The number of alkyl halides is 5. The number of unbranched alkanes of at least 4 members (excludes halogenated alkanes) is 3. The number of rotatable bonds is 12. The molecular weight excluding hydrogens is 459 g/mol. The lowest BCUT2D eigenvalue weighted by Gasteiger charge is -2.38. The van der Waals surface area contributed by atoms with E-state index in [1.807, 2.05) is 0 Å². The van der Waals surface area contributed by atoms with E-state index < -0.39 is 18.7 Å². The summed E-state index contributed by atoms with van der Waals surface area (Å²) in [5, 5.41) is 0. The third kappa shape index (κ3) is 8.93. The molecule has 6 heteroatoms. The maximum absolute atomic E-state index is 13.0. The highest BCUT2D eigenvalue weighted by Crippen LogP contribution is 2.43. The minimum Gasteiger partial charge on any atom is -0.487 e. The van der Waals surface area contributed by atoms with Crippen molar-refractivity contribution in [3.05, 3.63) is 29.8 Å². The van der Waals surface area contributed by atoms with Crippen molar-refractivity contribution in [1.82, 2.24) is 0 Å². The van der Waals surface area contributed by atoms with Crippen molar-refractivity contribution < 1.29 is 26.7 Å². The molecule has 1 nitrogen and oxygen atoms in total. The lowest BCUT2D eigenvalue weighted by Crippen LogP contribution is -2.41. The van der Waals surface area contributed by atoms with Crippen LogP contribution in [0.3, 0.4) is 0 Å². The molecule has 0 bridgehead atoms. The second-order valence-corrected chi connectivity index (χ2v) is 11.1. The van der Waals surface area contributed by atoms with Crippen LogP contribution in [0.4, 0.5) is 22.0 Å². The quantitative estimate of drug-likeness (QED) is 0.204. The Morgan fingerprint density at radius 1 is 0.714 bits per heavy atom. The number of ether oxygens (including phenoxy) is 1. The summed E-state index contributed by atoms with van der Waals surface area (Å²) < 4.78 is 67.5. The maximum atomic E-state index is 13.0. The highest BCUT2D eigenvalue weighted by Gasteiger charge is 2.58. The van der Waals surface area contributed by atoms with Gasteiger partial charge in [0.2, 0.25) is 0 Å². The van der Waals surface area contributed by atoms with Gasteiger partial charge >= 0.3 is 12.1 Å². The van der Waals surface area contributed by atoms with Gasteiger partial charge in [-0.3, -0.25) is 0 Å². The minimum atomic E-state index is -5.60. The van der Waals surface area contributed by atoms with Crippen LogP contribution in [0.25, 0.3) is 0 Å². The number of halogens is 5. The molecule has 0 amide bonds. The molecular formula is C29H43F5O. The average molecular weight is 503 g/mol. The molecule has 2 fully saturated rings. The second-order valence-electron chi connectivity index (χ2n) is 11.1. The van der Waals surface area contributed by atoms with Gasteiger partial charge in [-0.25, -0.2) is 0 Å². The van der Waals surface area contributed by atoms with Crippen LogP contribution in [-0.2, 0) is 6.42 Å². The minimum absolute atomic E-state index is 0.0360. The van der Waals surface area contributed by atoms with Gasteiger partial charge in [-0.2, -0.15) is 22.0 Å². The lowest BCUT2D eigenvalue weighted by molar-refractivity contribution is -0.290. The highest BCUT2D eigenvalue weighted by atomic mass is 19.4. The number of hydrogen-bond acceptors (Lipinski definition) is 1. The monoisotopic (exact) mass is 502 g/mol. The molecule has 2 saturated carbocycles. The molecule has 0 heterocycles. The van der Waals surface area contributed by atoms with Gasteiger partial charge in [0.1, 0.15) is 5.75 Å². The first-order chi connectivity index (χ1) is 16.7. The Morgan fingerprint density at radius 2 is 1.26 bits per heavy atom. The van der Waals surface area contributed by atoms with Crippen LogP contribution in [0.5, 0.6) is 5.75 Å². The van der Waals surface area contributed by atoms with Crippen molar-refractivity contribution in [1.29, 1.82) is 0 Å². The first-order valence-corrected chi connectivity index (χ1v) is 13.8. The van der Waals surface area contributed by atoms with E-state index in [9.17, 15) is 22.0 Å². The Labute approximate surface area is 208 Å². The SMILES string of the molecule is CCCCCC[C@H]1CC[C@H]([C@H]2CC[C@H](CCc3ccc(OCC(F)(F)C(F)(F)F)cc3)CC2)CC1. The molecule has 0 unspecified atom stereocenters. The van der Waals surface area contributed by atoms with E-state index in [0.717, 1.165) is 42.1 Å². The Bertz CT molecular complexity index is 714. The second kappa shape index (κ2) is 13.3. The van der Waals surface area contributed by atoms with Crippen molar-refractivity contribution in [2.75, 3.05) is 6.61 Å². The Hall–Kier alpha value is -1.33. The van der Waals surface area contributed by atoms with Crippen LogP contribution in [0.2, 0.25) is 0 Å². The standard InChI is InChI=1S/C29H43F5O/c1-2-3-4-5-6-22-9-15-25(16-10-22)26-17-11-23(12-18-26)7-8-24-13-19-27(20-14-24)35-21-28(30,31)29(32,33)34/h13-14,19-20,22-23,25-26H,2-12,15-18,21H2,1H3/t22-,23-,25-,26-. The molecule has 0 aliphatic heterocycles. The molecule has 0 spiro atoms. The van der Waals surface area contributed by atoms with Crippen LogP contribution in [0.15, 0.2) is 24.3 Å². The van der Waals surface area contributed by atoms with Crippen molar-refractivity contribution in [2.24, 2.45) is 23.7 Å². The zero-order valence-corrected chi connectivity index (χ0v) is 21.2. The zero-order valence-electron chi connectivity index (χ0n) is 21.2.